The zero-order chi connectivity index (χ0) is 8.10. The smallest absolute Gasteiger partial charge is 0.385 e. The lowest BCUT2D eigenvalue weighted by Crippen LogP contribution is -1.77. The van der Waals surface area contributed by atoms with Crippen molar-refractivity contribution in [3.8, 4) is 5.75 Å². The molecule has 0 spiro atoms. The van der Waals surface area contributed by atoms with E-state index in [0.717, 1.165) is 0 Å². The summed E-state index contributed by atoms with van der Waals surface area (Å²) in [4.78, 5) is 2.99. The predicted octanol–water partition coefficient (Wildman–Crippen LogP) is 2.69. The zero-order valence-corrected chi connectivity index (χ0v) is 5.90. The van der Waals surface area contributed by atoms with Crippen LogP contribution >= 0.6 is 0 Å². The highest BCUT2D eigenvalue weighted by Gasteiger charge is 2.01. The molecule has 54 valence electrons. The molecule has 0 aliphatic rings. The summed E-state index contributed by atoms with van der Waals surface area (Å²) in [5.74, 6) is 0.674. The van der Waals surface area contributed by atoms with E-state index >= 15 is 0 Å². The molecule has 1 rings (SSSR count). The third kappa shape index (κ3) is 1.80. The summed E-state index contributed by atoms with van der Waals surface area (Å²) in [6.45, 7) is 3.40. The van der Waals surface area contributed by atoms with Gasteiger partial charge in [-0.1, -0.05) is 6.58 Å². The summed E-state index contributed by atoms with van der Waals surface area (Å²) in [6, 6.07) is 6.66. The second kappa shape index (κ2) is 3.37. The Bertz CT molecular complexity index is 284. The Balaban J connectivity index is 2.84. The number of rotatable bonds is 2. The first kappa shape index (κ1) is 7.29. The van der Waals surface area contributed by atoms with E-state index < -0.39 is 0 Å². The predicted molar refractivity (Wildman–Crippen MR) is 42.0 cm³/mol. The maximum Gasteiger partial charge on any atom is 0.385 e. The second-order valence-corrected chi connectivity index (χ2v) is 1.88. The van der Waals surface area contributed by atoms with Crippen molar-refractivity contribution >= 4 is 5.69 Å². The molecule has 0 N–H and O–H groups in total. The molecule has 0 bridgehead atoms. The molecule has 0 unspecified atom stereocenters. The number of diazo groups is 1. The third-order valence-corrected chi connectivity index (χ3v) is 1.17. The zero-order valence-electron chi connectivity index (χ0n) is 5.90. The summed E-state index contributed by atoms with van der Waals surface area (Å²) in [5.41, 5.74) is 0.501. The highest BCUT2D eigenvalue weighted by molar-refractivity contribution is 5.46. The average Bonchev–Trinajstić information content (AvgIpc) is 2.07. The molecule has 0 aliphatic carbocycles. The van der Waals surface area contributed by atoms with Crippen LogP contribution in [0.25, 0.3) is 4.98 Å². The number of ether oxygens (including phenoxy) is 1. The molecule has 0 aromatic heterocycles. The summed E-state index contributed by atoms with van der Waals surface area (Å²) in [6.07, 6.45) is 1.34. The largest absolute Gasteiger partial charge is 0.466 e. The van der Waals surface area contributed by atoms with Gasteiger partial charge in [-0.2, -0.15) is 0 Å². The summed E-state index contributed by atoms with van der Waals surface area (Å²) in [5, 5.41) is 8.32. The fourth-order valence-corrected chi connectivity index (χ4v) is 0.688. The minimum absolute atomic E-state index is 0.501. The van der Waals surface area contributed by atoms with Crippen molar-refractivity contribution in [1.29, 1.82) is 5.39 Å². The highest BCUT2D eigenvalue weighted by Crippen LogP contribution is 2.17. The molecule has 11 heavy (non-hydrogen) atoms. The van der Waals surface area contributed by atoms with Crippen LogP contribution in [0.1, 0.15) is 0 Å². The lowest BCUT2D eigenvalue weighted by Gasteiger charge is -1.94. The highest BCUT2D eigenvalue weighted by atomic mass is 16.5. The van der Waals surface area contributed by atoms with Crippen LogP contribution in [0.3, 0.4) is 0 Å². The van der Waals surface area contributed by atoms with Crippen LogP contribution in [0.4, 0.5) is 5.69 Å². The van der Waals surface area contributed by atoms with E-state index in [9.17, 15) is 0 Å². The Morgan fingerprint density at radius 2 is 2.00 bits per heavy atom. The maximum absolute atomic E-state index is 8.32. The Morgan fingerprint density at radius 3 is 2.45 bits per heavy atom. The van der Waals surface area contributed by atoms with Gasteiger partial charge in [-0.05, 0) is 12.1 Å². The first-order valence-corrected chi connectivity index (χ1v) is 3.09. The van der Waals surface area contributed by atoms with Crippen molar-refractivity contribution in [3.05, 3.63) is 42.1 Å². The lowest BCUT2D eigenvalue weighted by atomic mass is 10.3. The fraction of sp³-hybridized carbons (Fsp3) is 0. The number of hydrogen-bond acceptors (Lipinski definition) is 2. The van der Waals surface area contributed by atoms with Crippen molar-refractivity contribution in [1.82, 2.24) is 0 Å². The first-order chi connectivity index (χ1) is 5.36. The van der Waals surface area contributed by atoms with Crippen LogP contribution in [-0.2, 0) is 0 Å². The van der Waals surface area contributed by atoms with Crippen LogP contribution in [0, 0.1) is 5.39 Å². The standard InChI is InChI=1S/C8H7N2O/c1-2-11-8-5-3-7(10-9)4-6-8/h2-6H,1H2/q+1. The van der Waals surface area contributed by atoms with Crippen LogP contribution in [0.2, 0.25) is 0 Å². The molecule has 3 heteroatoms. The molecular formula is C8H7N2O+. The Morgan fingerprint density at radius 1 is 1.36 bits per heavy atom. The van der Waals surface area contributed by atoms with E-state index in [1.54, 1.807) is 24.3 Å². The van der Waals surface area contributed by atoms with Crippen molar-refractivity contribution in [2.45, 2.75) is 0 Å². The molecule has 0 fully saturated rings. The van der Waals surface area contributed by atoms with Crippen molar-refractivity contribution in [2.75, 3.05) is 0 Å². The molecule has 0 amide bonds. The van der Waals surface area contributed by atoms with Gasteiger partial charge in [-0.25, -0.2) is 0 Å². The molecule has 0 radical (unpaired) electrons. The number of hydrogen-bond donors (Lipinski definition) is 0. The van der Waals surface area contributed by atoms with Gasteiger partial charge >= 0.3 is 5.69 Å². The fourth-order valence-electron chi connectivity index (χ4n) is 0.688. The molecule has 1 aromatic carbocycles. The van der Waals surface area contributed by atoms with Gasteiger partial charge in [-0.3, -0.25) is 0 Å². The quantitative estimate of drug-likeness (QED) is 0.476. The van der Waals surface area contributed by atoms with Crippen molar-refractivity contribution < 1.29 is 4.74 Å². The number of benzene rings is 1. The molecular weight excluding hydrogens is 140 g/mol. The van der Waals surface area contributed by atoms with E-state index in [1.807, 2.05) is 0 Å². The van der Waals surface area contributed by atoms with Gasteiger partial charge < -0.3 is 4.74 Å². The average molecular weight is 147 g/mol. The Labute approximate surface area is 64.5 Å². The lowest BCUT2D eigenvalue weighted by molar-refractivity contribution is 0.483. The summed E-state index contributed by atoms with van der Waals surface area (Å²) >= 11 is 0. The SMILES string of the molecule is C=COc1ccc([N+]#N)cc1. The summed E-state index contributed by atoms with van der Waals surface area (Å²) < 4.78 is 4.95. The molecule has 0 aliphatic heterocycles. The van der Waals surface area contributed by atoms with E-state index in [-0.39, 0.29) is 0 Å². The van der Waals surface area contributed by atoms with E-state index in [2.05, 4.69) is 11.6 Å². The van der Waals surface area contributed by atoms with Crippen molar-refractivity contribution in [2.24, 2.45) is 0 Å². The van der Waals surface area contributed by atoms with Gasteiger partial charge in [0.05, 0.1) is 6.26 Å². The first-order valence-electron chi connectivity index (χ1n) is 3.09. The maximum atomic E-state index is 8.32. The van der Waals surface area contributed by atoms with Gasteiger partial charge in [0, 0.05) is 12.1 Å². The van der Waals surface area contributed by atoms with E-state index in [1.165, 1.54) is 6.26 Å². The van der Waals surface area contributed by atoms with Crippen molar-refractivity contribution in [3.63, 3.8) is 0 Å². The van der Waals surface area contributed by atoms with Gasteiger partial charge in [-0.15, -0.1) is 0 Å². The second-order valence-electron chi connectivity index (χ2n) is 1.88. The van der Waals surface area contributed by atoms with E-state index in [0.29, 0.717) is 11.4 Å². The Hall–Kier alpha value is -1.82. The van der Waals surface area contributed by atoms with Gasteiger partial charge in [0.25, 0.3) is 0 Å². The molecule has 0 atom stereocenters. The van der Waals surface area contributed by atoms with Crippen LogP contribution in [-0.4, -0.2) is 0 Å². The van der Waals surface area contributed by atoms with Crippen LogP contribution in [0.15, 0.2) is 37.1 Å². The normalized spacial score (nSPS) is 8.27. The molecule has 0 heterocycles. The van der Waals surface area contributed by atoms with Crippen LogP contribution in [0.5, 0.6) is 5.75 Å². The Kier molecular flexibility index (Phi) is 2.24. The monoisotopic (exact) mass is 147 g/mol. The molecule has 3 nitrogen and oxygen atoms in total. The van der Waals surface area contributed by atoms with E-state index in [4.69, 9.17) is 10.1 Å². The minimum atomic E-state index is 0.501. The molecule has 0 saturated carbocycles. The minimum Gasteiger partial charge on any atom is -0.466 e. The van der Waals surface area contributed by atoms with Gasteiger partial charge in [0.15, 0.2) is 4.98 Å². The molecule has 1 aromatic rings. The molecule has 0 saturated heterocycles. The van der Waals surface area contributed by atoms with Gasteiger partial charge in [0.2, 0.25) is 5.39 Å². The number of nitrogens with zero attached hydrogens (tertiary/aromatic N) is 2. The summed E-state index contributed by atoms with van der Waals surface area (Å²) in [7, 11) is 0. The topological polar surface area (TPSA) is 37.4 Å². The third-order valence-electron chi connectivity index (χ3n) is 1.17. The van der Waals surface area contributed by atoms with Gasteiger partial charge in [0.1, 0.15) is 5.75 Å². The van der Waals surface area contributed by atoms with Crippen LogP contribution < -0.4 is 4.74 Å².